The summed E-state index contributed by atoms with van der Waals surface area (Å²) in [5, 5.41) is 3.83. The standard InChI is InChI=1S/C20H22ClNO3S/c1-20(2)11-17(16-10-14(24-3)6-9-18(16)25-20)22-19(23)12-26-15-7-4-13(21)5-8-15/h4-10,17H,11-12H2,1-3H3,(H,22,23)/t17-/m0/s1. The molecule has 1 atom stereocenters. The van der Waals surface area contributed by atoms with Crippen LogP contribution in [0.2, 0.25) is 5.02 Å². The SMILES string of the molecule is COc1ccc2c(c1)[C@@H](NC(=O)CSc1ccc(Cl)cc1)CC(C)(C)O2. The van der Waals surface area contributed by atoms with Crippen molar-refractivity contribution in [2.24, 2.45) is 0 Å². The molecule has 6 heteroatoms. The van der Waals surface area contributed by atoms with E-state index in [0.717, 1.165) is 22.0 Å². The van der Waals surface area contributed by atoms with Gasteiger partial charge in [-0.25, -0.2) is 0 Å². The Morgan fingerprint density at radius 2 is 2.04 bits per heavy atom. The van der Waals surface area contributed by atoms with E-state index in [1.54, 1.807) is 7.11 Å². The second-order valence-electron chi connectivity index (χ2n) is 6.83. The van der Waals surface area contributed by atoms with Crippen molar-refractivity contribution in [3.05, 3.63) is 53.1 Å². The van der Waals surface area contributed by atoms with Crippen molar-refractivity contribution in [1.82, 2.24) is 5.32 Å². The molecule has 2 aromatic carbocycles. The van der Waals surface area contributed by atoms with Gasteiger partial charge in [-0.2, -0.15) is 0 Å². The Kier molecular flexibility index (Phi) is 5.68. The van der Waals surface area contributed by atoms with E-state index in [-0.39, 0.29) is 17.6 Å². The third-order valence-corrected chi connectivity index (χ3v) is 5.46. The van der Waals surface area contributed by atoms with Gasteiger partial charge in [0.25, 0.3) is 0 Å². The van der Waals surface area contributed by atoms with Crippen molar-refractivity contribution >= 4 is 29.3 Å². The second kappa shape index (κ2) is 7.80. The summed E-state index contributed by atoms with van der Waals surface area (Å²) < 4.78 is 11.4. The number of nitrogens with one attached hydrogen (secondary N) is 1. The minimum atomic E-state index is -0.344. The molecule has 1 aliphatic rings. The fraction of sp³-hybridized carbons (Fsp3) is 0.350. The fourth-order valence-electron chi connectivity index (χ4n) is 3.00. The number of fused-ring (bicyclic) bond motifs is 1. The van der Waals surface area contributed by atoms with Crippen LogP contribution in [-0.4, -0.2) is 24.4 Å². The second-order valence-corrected chi connectivity index (χ2v) is 8.32. The third-order valence-electron chi connectivity index (χ3n) is 4.19. The Bertz CT molecular complexity index is 792. The van der Waals surface area contributed by atoms with Crippen molar-refractivity contribution in [3.8, 4) is 11.5 Å². The molecule has 0 bridgehead atoms. The molecule has 1 N–H and O–H groups in total. The molecule has 1 heterocycles. The van der Waals surface area contributed by atoms with Crippen LogP contribution in [0.25, 0.3) is 0 Å². The molecular weight excluding hydrogens is 370 g/mol. The molecule has 26 heavy (non-hydrogen) atoms. The minimum absolute atomic E-state index is 0.0126. The molecule has 3 rings (SSSR count). The highest BCUT2D eigenvalue weighted by Crippen LogP contribution is 2.41. The van der Waals surface area contributed by atoms with Crippen LogP contribution in [-0.2, 0) is 4.79 Å². The maximum absolute atomic E-state index is 12.5. The molecule has 1 amide bonds. The Hall–Kier alpha value is -1.85. The van der Waals surface area contributed by atoms with Crippen LogP contribution in [0, 0.1) is 0 Å². The van der Waals surface area contributed by atoms with Gasteiger partial charge in [-0.05, 0) is 56.3 Å². The molecule has 0 aromatic heterocycles. The zero-order chi connectivity index (χ0) is 18.7. The highest BCUT2D eigenvalue weighted by Gasteiger charge is 2.34. The van der Waals surface area contributed by atoms with Crippen LogP contribution in [0.5, 0.6) is 11.5 Å². The first-order valence-corrected chi connectivity index (χ1v) is 9.77. The Balaban J connectivity index is 1.70. The molecule has 0 aliphatic carbocycles. The molecule has 138 valence electrons. The van der Waals surface area contributed by atoms with Crippen LogP contribution in [0.1, 0.15) is 31.9 Å². The van der Waals surface area contributed by atoms with E-state index in [9.17, 15) is 4.79 Å². The fourth-order valence-corrected chi connectivity index (χ4v) is 3.84. The summed E-state index contributed by atoms with van der Waals surface area (Å²) in [5.74, 6) is 1.87. The van der Waals surface area contributed by atoms with E-state index >= 15 is 0 Å². The molecule has 0 fully saturated rings. The zero-order valence-corrected chi connectivity index (χ0v) is 16.6. The Labute approximate surface area is 163 Å². The van der Waals surface area contributed by atoms with Gasteiger partial charge in [0.2, 0.25) is 5.91 Å². The lowest BCUT2D eigenvalue weighted by Crippen LogP contribution is -2.41. The molecule has 0 radical (unpaired) electrons. The number of carbonyl (C=O) groups is 1. The van der Waals surface area contributed by atoms with E-state index in [1.807, 2.05) is 56.3 Å². The number of carbonyl (C=O) groups excluding carboxylic acids is 1. The van der Waals surface area contributed by atoms with Crippen molar-refractivity contribution < 1.29 is 14.3 Å². The van der Waals surface area contributed by atoms with E-state index in [2.05, 4.69) is 5.32 Å². The molecular formula is C20H22ClNO3S. The Morgan fingerprint density at radius 3 is 2.73 bits per heavy atom. The van der Waals surface area contributed by atoms with Gasteiger partial charge in [-0.1, -0.05) is 11.6 Å². The van der Waals surface area contributed by atoms with Crippen LogP contribution in [0.3, 0.4) is 0 Å². The maximum atomic E-state index is 12.5. The number of amides is 1. The van der Waals surface area contributed by atoms with Crippen molar-refractivity contribution in [3.63, 3.8) is 0 Å². The normalized spacial score (nSPS) is 17.8. The summed E-state index contributed by atoms with van der Waals surface area (Å²) >= 11 is 7.38. The molecule has 0 saturated heterocycles. The maximum Gasteiger partial charge on any atom is 0.230 e. The topological polar surface area (TPSA) is 47.6 Å². The van der Waals surface area contributed by atoms with Crippen LogP contribution in [0.4, 0.5) is 0 Å². The number of benzene rings is 2. The van der Waals surface area contributed by atoms with Gasteiger partial charge in [-0.15, -0.1) is 11.8 Å². The summed E-state index contributed by atoms with van der Waals surface area (Å²) in [5.41, 5.74) is 0.608. The highest BCUT2D eigenvalue weighted by molar-refractivity contribution is 8.00. The van der Waals surface area contributed by atoms with Gasteiger partial charge < -0.3 is 14.8 Å². The van der Waals surface area contributed by atoms with E-state index in [4.69, 9.17) is 21.1 Å². The lowest BCUT2D eigenvalue weighted by Gasteiger charge is -2.38. The van der Waals surface area contributed by atoms with Crippen LogP contribution < -0.4 is 14.8 Å². The van der Waals surface area contributed by atoms with Crippen molar-refractivity contribution in [2.45, 2.75) is 36.8 Å². The van der Waals surface area contributed by atoms with Gasteiger partial charge >= 0.3 is 0 Å². The molecule has 0 spiro atoms. The molecule has 0 saturated carbocycles. The predicted octanol–water partition coefficient (Wildman–Crippen LogP) is 4.86. The van der Waals surface area contributed by atoms with Crippen molar-refractivity contribution in [2.75, 3.05) is 12.9 Å². The number of rotatable bonds is 5. The largest absolute Gasteiger partial charge is 0.497 e. The Morgan fingerprint density at radius 1 is 1.31 bits per heavy atom. The summed E-state index contributed by atoms with van der Waals surface area (Å²) in [6, 6.07) is 13.1. The average molecular weight is 392 g/mol. The number of thioether (sulfide) groups is 1. The van der Waals surface area contributed by atoms with Crippen LogP contribution >= 0.6 is 23.4 Å². The molecule has 1 aliphatic heterocycles. The van der Waals surface area contributed by atoms with Gasteiger partial charge in [0, 0.05) is 21.9 Å². The molecule has 0 unspecified atom stereocenters. The van der Waals surface area contributed by atoms with Gasteiger partial charge in [0.05, 0.1) is 18.9 Å². The molecule has 2 aromatic rings. The lowest BCUT2D eigenvalue weighted by molar-refractivity contribution is -0.119. The van der Waals surface area contributed by atoms with Crippen LogP contribution in [0.15, 0.2) is 47.4 Å². The first-order chi connectivity index (χ1) is 12.4. The van der Waals surface area contributed by atoms with Gasteiger partial charge in [-0.3, -0.25) is 4.79 Å². The van der Waals surface area contributed by atoms with Crippen molar-refractivity contribution in [1.29, 1.82) is 0 Å². The first kappa shape index (κ1) is 18.9. The number of ether oxygens (including phenoxy) is 2. The van der Waals surface area contributed by atoms with Gasteiger partial charge in [0.1, 0.15) is 17.1 Å². The predicted molar refractivity (Wildman–Crippen MR) is 105 cm³/mol. The summed E-state index contributed by atoms with van der Waals surface area (Å²) in [6.07, 6.45) is 0.699. The van der Waals surface area contributed by atoms with E-state index in [0.29, 0.717) is 17.2 Å². The summed E-state index contributed by atoms with van der Waals surface area (Å²) in [4.78, 5) is 13.5. The lowest BCUT2D eigenvalue weighted by atomic mass is 9.89. The quantitative estimate of drug-likeness (QED) is 0.739. The number of hydrogen-bond acceptors (Lipinski definition) is 4. The third kappa shape index (κ3) is 4.65. The molecule has 4 nitrogen and oxygen atoms in total. The number of hydrogen-bond donors (Lipinski definition) is 1. The first-order valence-electron chi connectivity index (χ1n) is 8.41. The zero-order valence-electron chi connectivity index (χ0n) is 15.0. The van der Waals surface area contributed by atoms with E-state index in [1.165, 1.54) is 11.8 Å². The smallest absolute Gasteiger partial charge is 0.230 e. The van der Waals surface area contributed by atoms with E-state index < -0.39 is 0 Å². The average Bonchev–Trinajstić information content (AvgIpc) is 2.60. The number of methoxy groups -OCH3 is 1. The summed E-state index contributed by atoms with van der Waals surface area (Å²) in [6.45, 7) is 4.06. The summed E-state index contributed by atoms with van der Waals surface area (Å²) in [7, 11) is 1.63. The minimum Gasteiger partial charge on any atom is -0.497 e. The monoisotopic (exact) mass is 391 g/mol. The highest BCUT2D eigenvalue weighted by atomic mass is 35.5. The van der Waals surface area contributed by atoms with Gasteiger partial charge in [0.15, 0.2) is 0 Å². The number of halogens is 1.